The molecule has 20 heavy (non-hydrogen) atoms. The molecule has 3 rings (SSSR count). The number of halogens is 1. The number of carbonyl (C=O) groups excluding carboxylic acids is 1. The number of anilines is 1. The van der Waals surface area contributed by atoms with Crippen LogP contribution in [0.25, 0.3) is 0 Å². The van der Waals surface area contributed by atoms with Crippen LogP contribution in [0.5, 0.6) is 0 Å². The monoisotopic (exact) mass is 310 g/mol. The van der Waals surface area contributed by atoms with Crippen LogP contribution in [0.3, 0.4) is 0 Å². The fraction of sp³-hybridized carbons (Fsp3) is 0.273. The van der Waals surface area contributed by atoms with Gasteiger partial charge in [-0.15, -0.1) is 5.10 Å². The second-order valence-electron chi connectivity index (χ2n) is 4.48. The highest BCUT2D eigenvalue weighted by Gasteiger charge is 2.29. The Morgan fingerprint density at radius 2 is 2.20 bits per heavy atom. The molecule has 1 heterocycles. The largest absolute Gasteiger partial charge is 0.399 e. The van der Waals surface area contributed by atoms with Gasteiger partial charge in [0.25, 0.3) is 0 Å². The Morgan fingerprint density at radius 1 is 1.45 bits per heavy atom. The van der Waals surface area contributed by atoms with Crippen LogP contribution >= 0.6 is 23.4 Å². The van der Waals surface area contributed by atoms with E-state index in [1.165, 1.54) is 17.8 Å². The summed E-state index contributed by atoms with van der Waals surface area (Å²) in [5.74, 6) is -0.591. The molecule has 1 aromatic heterocycles. The summed E-state index contributed by atoms with van der Waals surface area (Å²) in [7, 11) is 0. The van der Waals surface area contributed by atoms with Gasteiger partial charge in [0.05, 0.1) is 16.6 Å². The van der Waals surface area contributed by atoms with Crippen molar-refractivity contribution in [3.63, 3.8) is 0 Å². The minimum Gasteiger partial charge on any atom is -0.399 e. The second-order valence-corrected chi connectivity index (χ2v) is 5.87. The molecule has 1 aliphatic carbocycles. The number of nitrogen functional groups attached to an aromatic ring is 1. The van der Waals surface area contributed by atoms with Crippen LogP contribution in [-0.4, -0.2) is 26.1 Å². The number of benzene rings is 1. The van der Waals surface area contributed by atoms with E-state index in [0.29, 0.717) is 26.8 Å². The Kier molecular flexibility index (Phi) is 3.27. The van der Waals surface area contributed by atoms with E-state index < -0.39 is 5.91 Å². The normalized spacial score (nSPS) is 14.4. The average Bonchev–Trinajstić information content (AvgIpc) is 3.12. The number of aromatic nitrogens is 4. The number of hydrogen-bond donors (Lipinski definition) is 2. The van der Waals surface area contributed by atoms with Crippen molar-refractivity contribution in [2.75, 3.05) is 5.73 Å². The molecule has 1 amide bonds. The molecule has 9 heteroatoms. The number of rotatable bonds is 4. The summed E-state index contributed by atoms with van der Waals surface area (Å²) in [6, 6.07) is 3.40. The van der Waals surface area contributed by atoms with Crippen molar-refractivity contribution in [1.29, 1.82) is 0 Å². The first kappa shape index (κ1) is 13.2. The number of primary amides is 1. The van der Waals surface area contributed by atoms with Crippen LogP contribution in [0.15, 0.2) is 22.2 Å². The van der Waals surface area contributed by atoms with Crippen molar-refractivity contribution < 1.29 is 4.79 Å². The van der Waals surface area contributed by atoms with Gasteiger partial charge >= 0.3 is 0 Å². The molecule has 0 atom stereocenters. The summed E-state index contributed by atoms with van der Waals surface area (Å²) in [6.45, 7) is 0. The summed E-state index contributed by atoms with van der Waals surface area (Å²) in [5.41, 5.74) is 11.7. The van der Waals surface area contributed by atoms with Gasteiger partial charge in [-0.3, -0.25) is 4.79 Å². The van der Waals surface area contributed by atoms with Crippen LogP contribution in [0, 0.1) is 0 Å². The van der Waals surface area contributed by atoms with E-state index in [9.17, 15) is 4.79 Å². The van der Waals surface area contributed by atoms with E-state index >= 15 is 0 Å². The van der Waals surface area contributed by atoms with Crippen molar-refractivity contribution in [2.24, 2.45) is 5.73 Å². The molecule has 0 unspecified atom stereocenters. The highest BCUT2D eigenvalue weighted by molar-refractivity contribution is 7.99. The maximum Gasteiger partial charge on any atom is 0.249 e. The number of hydrogen-bond acceptors (Lipinski definition) is 6. The molecule has 7 nitrogen and oxygen atoms in total. The van der Waals surface area contributed by atoms with Crippen molar-refractivity contribution in [3.05, 3.63) is 22.7 Å². The lowest BCUT2D eigenvalue weighted by Gasteiger charge is -2.09. The number of nitrogens with two attached hydrogens (primary N) is 2. The first-order valence-electron chi connectivity index (χ1n) is 5.91. The molecule has 0 saturated heterocycles. The summed E-state index contributed by atoms with van der Waals surface area (Å²) in [4.78, 5) is 12.0. The van der Waals surface area contributed by atoms with E-state index in [2.05, 4.69) is 15.5 Å². The molecule has 1 aromatic carbocycles. The summed E-state index contributed by atoms with van der Waals surface area (Å²) >= 11 is 7.37. The molecule has 4 N–H and O–H groups in total. The van der Waals surface area contributed by atoms with Crippen molar-refractivity contribution >= 4 is 35.0 Å². The smallest absolute Gasteiger partial charge is 0.249 e. The molecule has 1 fully saturated rings. The van der Waals surface area contributed by atoms with E-state index in [1.807, 2.05) is 0 Å². The van der Waals surface area contributed by atoms with Gasteiger partial charge in [0.15, 0.2) is 0 Å². The van der Waals surface area contributed by atoms with Crippen LogP contribution in [-0.2, 0) is 0 Å². The Balaban J connectivity index is 2.01. The molecule has 2 aromatic rings. The average molecular weight is 311 g/mol. The lowest BCUT2D eigenvalue weighted by molar-refractivity contribution is 0.0997. The fourth-order valence-electron chi connectivity index (χ4n) is 1.79. The quantitative estimate of drug-likeness (QED) is 0.827. The zero-order chi connectivity index (χ0) is 14.3. The molecule has 0 bridgehead atoms. The Morgan fingerprint density at radius 3 is 2.85 bits per heavy atom. The predicted octanol–water partition coefficient (Wildman–Crippen LogP) is 1.49. The topological polar surface area (TPSA) is 113 Å². The Hall–Kier alpha value is -1.80. The molecule has 104 valence electrons. The third kappa shape index (κ3) is 2.44. The van der Waals surface area contributed by atoms with Crippen LogP contribution in [0.2, 0.25) is 5.02 Å². The van der Waals surface area contributed by atoms with Gasteiger partial charge in [-0.05, 0) is 47.2 Å². The standard InChI is InChI=1S/C11H11ClN6OS/c12-8-4-5(13)3-7(10(14)19)9(8)20-11-15-16-17-18(11)6-1-2-6/h3-4,6H,1-2,13H2,(H2,14,19). The van der Waals surface area contributed by atoms with E-state index in [-0.39, 0.29) is 5.56 Å². The maximum atomic E-state index is 11.5. The number of nitrogens with zero attached hydrogens (tertiary/aromatic N) is 4. The fourth-order valence-corrected chi connectivity index (χ4v) is 3.10. The van der Waals surface area contributed by atoms with E-state index in [0.717, 1.165) is 12.8 Å². The van der Waals surface area contributed by atoms with Crippen molar-refractivity contribution in [1.82, 2.24) is 20.2 Å². The summed E-state index contributed by atoms with van der Waals surface area (Å²) < 4.78 is 1.74. The minimum absolute atomic E-state index is 0.269. The lowest BCUT2D eigenvalue weighted by Crippen LogP contribution is -2.13. The van der Waals surface area contributed by atoms with Gasteiger partial charge < -0.3 is 11.5 Å². The molecular formula is C11H11ClN6OS. The zero-order valence-corrected chi connectivity index (χ0v) is 11.9. The molecule has 0 aliphatic heterocycles. The number of carbonyl (C=O) groups is 1. The molecule has 1 saturated carbocycles. The van der Waals surface area contributed by atoms with Gasteiger partial charge in [-0.1, -0.05) is 11.6 Å². The minimum atomic E-state index is -0.591. The predicted molar refractivity (Wildman–Crippen MR) is 74.6 cm³/mol. The van der Waals surface area contributed by atoms with E-state index in [1.54, 1.807) is 10.7 Å². The van der Waals surface area contributed by atoms with Crippen molar-refractivity contribution in [2.45, 2.75) is 28.9 Å². The van der Waals surface area contributed by atoms with E-state index in [4.69, 9.17) is 23.1 Å². The van der Waals surface area contributed by atoms with Crippen LogP contribution < -0.4 is 11.5 Å². The highest BCUT2D eigenvalue weighted by Crippen LogP contribution is 2.41. The maximum absolute atomic E-state index is 11.5. The SMILES string of the molecule is NC(=O)c1cc(N)cc(Cl)c1Sc1nnnn1C1CC1. The third-order valence-electron chi connectivity index (χ3n) is 2.88. The summed E-state index contributed by atoms with van der Waals surface area (Å²) in [5, 5.41) is 12.5. The molecular weight excluding hydrogens is 300 g/mol. The van der Waals surface area contributed by atoms with Crippen LogP contribution in [0.1, 0.15) is 29.2 Å². The second kappa shape index (κ2) is 4.95. The highest BCUT2D eigenvalue weighted by atomic mass is 35.5. The third-order valence-corrected chi connectivity index (χ3v) is 4.39. The molecule has 0 radical (unpaired) electrons. The Bertz CT molecular complexity index is 684. The zero-order valence-electron chi connectivity index (χ0n) is 10.3. The lowest BCUT2D eigenvalue weighted by atomic mass is 10.2. The number of amides is 1. The van der Waals surface area contributed by atoms with Gasteiger partial charge in [0.1, 0.15) is 0 Å². The Labute approximate surface area is 123 Å². The van der Waals surface area contributed by atoms with Crippen molar-refractivity contribution in [3.8, 4) is 0 Å². The molecule has 1 aliphatic rings. The first-order valence-corrected chi connectivity index (χ1v) is 7.10. The number of tetrazole rings is 1. The summed E-state index contributed by atoms with van der Waals surface area (Å²) in [6.07, 6.45) is 2.10. The van der Waals surface area contributed by atoms with Crippen LogP contribution in [0.4, 0.5) is 5.69 Å². The molecule has 0 spiro atoms. The van der Waals surface area contributed by atoms with Gasteiger partial charge in [0, 0.05) is 10.6 Å². The van der Waals surface area contributed by atoms with Gasteiger partial charge in [-0.2, -0.15) is 0 Å². The van der Waals surface area contributed by atoms with Gasteiger partial charge in [0.2, 0.25) is 11.1 Å². The first-order chi connectivity index (χ1) is 9.56. The van der Waals surface area contributed by atoms with Gasteiger partial charge in [-0.25, -0.2) is 4.68 Å².